The standard InChI is InChI=1S/C20H21N3O/c1-2-23-18(13-14-22-23)15-21-20(24)19(16-9-5-3-6-10-16)17-11-7-4-8-12-17/h3-14,19H,2,15H2,1H3,(H,21,24). The highest BCUT2D eigenvalue weighted by atomic mass is 16.1. The van der Waals surface area contributed by atoms with Crippen molar-refractivity contribution in [3.8, 4) is 0 Å². The molecule has 0 fully saturated rings. The highest BCUT2D eigenvalue weighted by molar-refractivity contribution is 5.87. The molecular formula is C20H21N3O. The Kier molecular flexibility index (Phi) is 5.06. The molecule has 3 rings (SSSR count). The fourth-order valence-corrected chi connectivity index (χ4v) is 2.86. The molecule has 1 N–H and O–H groups in total. The number of hydrogen-bond donors (Lipinski definition) is 1. The van der Waals surface area contributed by atoms with Crippen molar-refractivity contribution in [1.82, 2.24) is 15.1 Å². The van der Waals surface area contributed by atoms with Crippen LogP contribution in [0.15, 0.2) is 72.9 Å². The molecule has 3 aromatic rings. The molecule has 24 heavy (non-hydrogen) atoms. The lowest BCUT2D eigenvalue weighted by molar-refractivity contribution is -0.121. The zero-order chi connectivity index (χ0) is 16.8. The molecule has 4 heteroatoms. The van der Waals surface area contributed by atoms with Gasteiger partial charge >= 0.3 is 0 Å². The van der Waals surface area contributed by atoms with Crippen LogP contribution in [0.5, 0.6) is 0 Å². The Hall–Kier alpha value is -2.88. The summed E-state index contributed by atoms with van der Waals surface area (Å²) in [5.41, 5.74) is 2.99. The Bertz CT molecular complexity index is 741. The monoisotopic (exact) mass is 319 g/mol. The number of carbonyl (C=O) groups is 1. The van der Waals surface area contributed by atoms with Crippen molar-refractivity contribution >= 4 is 5.91 Å². The molecule has 4 nitrogen and oxygen atoms in total. The first-order chi connectivity index (χ1) is 11.8. The summed E-state index contributed by atoms with van der Waals surface area (Å²) < 4.78 is 1.89. The maximum Gasteiger partial charge on any atom is 0.232 e. The van der Waals surface area contributed by atoms with Gasteiger partial charge < -0.3 is 5.32 Å². The van der Waals surface area contributed by atoms with Gasteiger partial charge in [-0.15, -0.1) is 0 Å². The van der Waals surface area contributed by atoms with Crippen molar-refractivity contribution in [3.63, 3.8) is 0 Å². The van der Waals surface area contributed by atoms with E-state index < -0.39 is 0 Å². The Labute approximate surface area is 142 Å². The third-order valence-corrected chi connectivity index (χ3v) is 4.08. The van der Waals surface area contributed by atoms with Crippen LogP contribution in [0.25, 0.3) is 0 Å². The van der Waals surface area contributed by atoms with Crippen molar-refractivity contribution in [2.24, 2.45) is 0 Å². The molecule has 1 heterocycles. The fourth-order valence-electron chi connectivity index (χ4n) is 2.86. The number of amides is 1. The van der Waals surface area contributed by atoms with Crippen molar-refractivity contribution in [2.75, 3.05) is 0 Å². The molecule has 0 spiro atoms. The van der Waals surface area contributed by atoms with Gasteiger partial charge in [0.25, 0.3) is 0 Å². The topological polar surface area (TPSA) is 46.9 Å². The molecule has 0 bridgehead atoms. The fraction of sp³-hybridized carbons (Fsp3) is 0.200. The molecule has 0 aliphatic rings. The second kappa shape index (κ2) is 7.59. The summed E-state index contributed by atoms with van der Waals surface area (Å²) in [6.45, 7) is 3.30. The SMILES string of the molecule is CCn1nccc1CNC(=O)C(c1ccccc1)c1ccccc1. The smallest absolute Gasteiger partial charge is 0.232 e. The number of carbonyl (C=O) groups excluding carboxylic acids is 1. The van der Waals surface area contributed by atoms with Gasteiger partial charge in [0.15, 0.2) is 0 Å². The van der Waals surface area contributed by atoms with Crippen LogP contribution >= 0.6 is 0 Å². The van der Waals surface area contributed by atoms with E-state index in [4.69, 9.17) is 0 Å². The minimum Gasteiger partial charge on any atom is -0.350 e. The van der Waals surface area contributed by atoms with Gasteiger partial charge in [-0.25, -0.2) is 0 Å². The molecule has 1 aromatic heterocycles. The lowest BCUT2D eigenvalue weighted by atomic mass is 9.90. The Morgan fingerprint density at radius 2 is 1.58 bits per heavy atom. The van der Waals surface area contributed by atoms with Crippen molar-refractivity contribution < 1.29 is 4.79 Å². The Balaban J connectivity index is 1.82. The lowest BCUT2D eigenvalue weighted by Crippen LogP contribution is -2.30. The molecule has 2 aromatic carbocycles. The van der Waals surface area contributed by atoms with Gasteiger partial charge in [-0.05, 0) is 24.1 Å². The summed E-state index contributed by atoms with van der Waals surface area (Å²) in [6.07, 6.45) is 1.76. The molecular weight excluding hydrogens is 298 g/mol. The van der Waals surface area contributed by atoms with Crippen LogP contribution in [-0.4, -0.2) is 15.7 Å². The van der Waals surface area contributed by atoms with E-state index in [1.807, 2.05) is 78.3 Å². The summed E-state index contributed by atoms with van der Waals surface area (Å²) in [5, 5.41) is 7.30. The molecule has 122 valence electrons. The van der Waals surface area contributed by atoms with Gasteiger partial charge in [0.2, 0.25) is 5.91 Å². The molecule has 0 saturated carbocycles. The molecule has 0 radical (unpaired) electrons. The van der Waals surface area contributed by atoms with E-state index >= 15 is 0 Å². The lowest BCUT2D eigenvalue weighted by Gasteiger charge is -2.18. The number of benzene rings is 2. The highest BCUT2D eigenvalue weighted by Gasteiger charge is 2.22. The highest BCUT2D eigenvalue weighted by Crippen LogP contribution is 2.24. The quantitative estimate of drug-likeness (QED) is 0.757. The molecule has 0 atom stereocenters. The zero-order valence-electron chi connectivity index (χ0n) is 13.7. The number of aromatic nitrogens is 2. The molecule has 0 aliphatic heterocycles. The Morgan fingerprint density at radius 1 is 1.00 bits per heavy atom. The maximum atomic E-state index is 12.9. The van der Waals surface area contributed by atoms with Crippen molar-refractivity contribution in [2.45, 2.75) is 25.9 Å². The van der Waals surface area contributed by atoms with Crippen LogP contribution in [-0.2, 0) is 17.9 Å². The number of rotatable bonds is 6. The van der Waals surface area contributed by atoms with Crippen molar-refractivity contribution in [3.05, 3.63) is 89.7 Å². The normalized spacial score (nSPS) is 10.8. The first-order valence-corrected chi connectivity index (χ1v) is 8.18. The maximum absolute atomic E-state index is 12.9. The Morgan fingerprint density at radius 3 is 2.12 bits per heavy atom. The summed E-state index contributed by atoms with van der Waals surface area (Å²) in [6, 6.07) is 21.7. The van der Waals surface area contributed by atoms with Crippen LogP contribution in [0, 0.1) is 0 Å². The largest absolute Gasteiger partial charge is 0.350 e. The van der Waals surface area contributed by atoms with Crippen LogP contribution in [0.1, 0.15) is 29.7 Å². The van der Waals surface area contributed by atoms with Gasteiger partial charge in [-0.1, -0.05) is 60.7 Å². The van der Waals surface area contributed by atoms with E-state index in [2.05, 4.69) is 10.4 Å². The van der Waals surface area contributed by atoms with Gasteiger partial charge in [0, 0.05) is 12.7 Å². The van der Waals surface area contributed by atoms with Gasteiger partial charge in [-0.3, -0.25) is 9.48 Å². The van der Waals surface area contributed by atoms with E-state index in [9.17, 15) is 4.79 Å². The minimum absolute atomic E-state index is 0.00347. The molecule has 0 unspecified atom stereocenters. The average molecular weight is 319 g/mol. The van der Waals surface area contributed by atoms with Gasteiger partial charge in [0.1, 0.15) is 0 Å². The third kappa shape index (κ3) is 3.54. The molecule has 0 saturated heterocycles. The van der Waals surface area contributed by atoms with Crippen LogP contribution in [0.4, 0.5) is 0 Å². The van der Waals surface area contributed by atoms with E-state index in [-0.39, 0.29) is 11.8 Å². The van der Waals surface area contributed by atoms with E-state index in [0.717, 1.165) is 23.4 Å². The summed E-state index contributed by atoms with van der Waals surface area (Å²) in [5.74, 6) is -0.318. The minimum atomic E-state index is -0.314. The van der Waals surface area contributed by atoms with Crippen molar-refractivity contribution in [1.29, 1.82) is 0 Å². The predicted molar refractivity (Wildman–Crippen MR) is 94.5 cm³/mol. The summed E-state index contributed by atoms with van der Waals surface area (Å²) >= 11 is 0. The first-order valence-electron chi connectivity index (χ1n) is 8.18. The second-order valence-corrected chi connectivity index (χ2v) is 5.61. The number of nitrogens with one attached hydrogen (secondary N) is 1. The van der Waals surface area contributed by atoms with E-state index in [1.54, 1.807) is 6.20 Å². The predicted octanol–water partition coefficient (Wildman–Crippen LogP) is 3.35. The summed E-state index contributed by atoms with van der Waals surface area (Å²) in [4.78, 5) is 12.9. The van der Waals surface area contributed by atoms with Crippen LogP contribution in [0.2, 0.25) is 0 Å². The zero-order valence-corrected chi connectivity index (χ0v) is 13.7. The first kappa shape index (κ1) is 16.0. The van der Waals surface area contributed by atoms with E-state index in [0.29, 0.717) is 6.54 Å². The molecule has 0 aliphatic carbocycles. The number of hydrogen-bond acceptors (Lipinski definition) is 2. The number of aryl methyl sites for hydroxylation is 1. The van der Waals surface area contributed by atoms with Crippen LogP contribution in [0.3, 0.4) is 0 Å². The van der Waals surface area contributed by atoms with E-state index in [1.165, 1.54) is 0 Å². The molecule has 1 amide bonds. The third-order valence-electron chi connectivity index (χ3n) is 4.08. The van der Waals surface area contributed by atoms with Gasteiger partial charge in [0.05, 0.1) is 18.2 Å². The second-order valence-electron chi connectivity index (χ2n) is 5.61. The average Bonchev–Trinajstić information content (AvgIpc) is 3.09. The van der Waals surface area contributed by atoms with Crippen LogP contribution < -0.4 is 5.32 Å². The van der Waals surface area contributed by atoms with Gasteiger partial charge in [-0.2, -0.15) is 5.10 Å². The summed E-state index contributed by atoms with van der Waals surface area (Å²) in [7, 11) is 0. The number of nitrogens with zero attached hydrogens (tertiary/aromatic N) is 2.